The number of thiophene rings is 1. The van der Waals surface area contributed by atoms with Crippen molar-refractivity contribution in [1.82, 2.24) is 5.32 Å². The van der Waals surface area contributed by atoms with Gasteiger partial charge >= 0.3 is 0 Å². The average Bonchev–Trinajstić information content (AvgIpc) is 3.40. The predicted octanol–water partition coefficient (Wildman–Crippen LogP) is 8.20. The van der Waals surface area contributed by atoms with E-state index in [-0.39, 0.29) is 18.4 Å². The molecule has 5 nitrogen and oxygen atoms in total. The zero-order valence-corrected chi connectivity index (χ0v) is 24.0. The highest BCUT2D eigenvalue weighted by atomic mass is 32.1. The minimum atomic E-state index is -0.0472. The Balaban J connectivity index is 1.07. The van der Waals surface area contributed by atoms with Crippen LogP contribution in [0.4, 0.5) is 5.69 Å². The number of benzene rings is 5. The van der Waals surface area contributed by atoms with Crippen molar-refractivity contribution in [2.75, 3.05) is 18.9 Å². The van der Waals surface area contributed by atoms with Gasteiger partial charge in [0, 0.05) is 38.2 Å². The fraction of sp³-hybridized carbons (Fsp3) is 0.139. The minimum absolute atomic E-state index is 0.0339. The van der Waals surface area contributed by atoms with E-state index in [2.05, 4.69) is 53.8 Å². The van der Waals surface area contributed by atoms with Crippen molar-refractivity contribution < 1.29 is 14.3 Å². The van der Waals surface area contributed by atoms with Crippen LogP contribution in [0.3, 0.4) is 0 Å². The van der Waals surface area contributed by atoms with Crippen LogP contribution in [0.15, 0.2) is 121 Å². The Labute approximate surface area is 249 Å². The van der Waals surface area contributed by atoms with Crippen LogP contribution in [0.25, 0.3) is 20.2 Å². The third-order valence-electron chi connectivity index (χ3n) is 7.31. The molecule has 5 aromatic carbocycles. The van der Waals surface area contributed by atoms with Crippen LogP contribution in [-0.4, -0.2) is 18.9 Å². The standard InChI is InChI=1S/C36H32N2O3S/c37-31-21-27(15-18-34(31)41-24-25-9-3-1-4-10-25)33(39)23-38-32(26-11-5-2-6-12-26)19-20-40-28-16-17-30-29-13-7-8-14-35(29)42-36(30)22-28/h1-18,21-22,32,38H,19-20,23-24,37H2. The first-order valence-electron chi connectivity index (χ1n) is 14.1. The van der Waals surface area contributed by atoms with Crippen molar-refractivity contribution in [1.29, 1.82) is 0 Å². The maximum Gasteiger partial charge on any atom is 0.176 e. The number of Topliss-reactive ketones (excluding diaryl/α,β-unsaturated/α-hetero) is 1. The lowest BCUT2D eigenvalue weighted by atomic mass is 10.0. The van der Waals surface area contributed by atoms with Gasteiger partial charge in [-0.3, -0.25) is 4.79 Å². The molecular formula is C36H32N2O3S. The van der Waals surface area contributed by atoms with Crippen molar-refractivity contribution in [2.24, 2.45) is 0 Å². The van der Waals surface area contributed by atoms with Gasteiger partial charge in [0.15, 0.2) is 5.78 Å². The second-order valence-electron chi connectivity index (χ2n) is 10.2. The Hall–Kier alpha value is -4.65. The second-order valence-corrected chi connectivity index (χ2v) is 11.3. The molecule has 6 rings (SSSR count). The van der Waals surface area contributed by atoms with Crippen molar-refractivity contribution in [2.45, 2.75) is 19.1 Å². The first-order chi connectivity index (χ1) is 20.6. The van der Waals surface area contributed by atoms with Gasteiger partial charge in [0.1, 0.15) is 18.1 Å². The summed E-state index contributed by atoms with van der Waals surface area (Å²) in [6, 6.07) is 40.0. The van der Waals surface area contributed by atoms with E-state index in [0.29, 0.717) is 36.6 Å². The first-order valence-corrected chi connectivity index (χ1v) is 14.9. The fourth-order valence-corrected chi connectivity index (χ4v) is 6.20. The summed E-state index contributed by atoms with van der Waals surface area (Å²) in [5.74, 6) is 1.38. The molecule has 0 radical (unpaired) electrons. The Kier molecular flexibility index (Phi) is 8.45. The number of nitrogens with two attached hydrogens (primary N) is 1. The number of anilines is 1. The molecule has 1 unspecified atom stereocenters. The van der Waals surface area contributed by atoms with Gasteiger partial charge in [0.05, 0.1) is 18.8 Å². The summed E-state index contributed by atoms with van der Waals surface area (Å²) in [7, 11) is 0. The second kappa shape index (κ2) is 12.9. The van der Waals surface area contributed by atoms with Gasteiger partial charge in [0.25, 0.3) is 0 Å². The van der Waals surface area contributed by atoms with Crippen LogP contribution in [0.1, 0.15) is 33.9 Å². The van der Waals surface area contributed by atoms with Gasteiger partial charge in [-0.2, -0.15) is 0 Å². The van der Waals surface area contributed by atoms with Crippen LogP contribution in [0.2, 0.25) is 0 Å². The van der Waals surface area contributed by atoms with E-state index in [0.717, 1.165) is 16.9 Å². The molecule has 0 saturated heterocycles. The van der Waals surface area contributed by atoms with E-state index in [1.807, 2.05) is 54.6 Å². The third-order valence-corrected chi connectivity index (χ3v) is 8.44. The molecule has 1 aromatic heterocycles. The van der Waals surface area contributed by atoms with Crippen LogP contribution in [-0.2, 0) is 6.61 Å². The summed E-state index contributed by atoms with van der Waals surface area (Å²) in [5, 5.41) is 5.98. The molecule has 6 heteroatoms. The smallest absolute Gasteiger partial charge is 0.176 e. The predicted molar refractivity (Wildman–Crippen MR) is 173 cm³/mol. The van der Waals surface area contributed by atoms with Crippen molar-refractivity contribution >= 4 is 43.0 Å². The van der Waals surface area contributed by atoms with Gasteiger partial charge < -0.3 is 20.5 Å². The highest BCUT2D eigenvalue weighted by molar-refractivity contribution is 7.25. The third kappa shape index (κ3) is 6.46. The highest BCUT2D eigenvalue weighted by Gasteiger charge is 2.16. The van der Waals surface area contributed by atoms with Crippen molar-refractivity contribution in [3.05, 3.63) is 138 Å². The topological polar surface area (TPSA) is 73.6 Å². The van der Waals surface area contributed by atoms with Gasteiger partial charge in [0.2, 0.25) is 0 Å². The SMILES string of the molecule is Nc1cc(C(=O)CNC(CCOc2ccc3c(c2)sc2ccccc23)c2ccccc2)ccc1OCc1ccccc1. The van der Waals surface area contributed by atoms with E-state index < -0.39 is 0 Å². The first kappa shape index (κ1) is 27.5. The Morgan fingerprint density at radius 2 is 1.50 bits per heavy atom. The molecule has 6 aromatic rings. The monoisotopic (exact) mass is 572 g/mol. The normalized spacial score (nSPS) is 11.9. The maximum absolute atomic E-state index is 13.1. The summed E-state index contributed by atoms with van der Waals surface area (Å²) in [6.07, 6.45) is 0.705. The number of hydrogen-bond donors (Lipinski definition) is 2. The number of fused-ring (bicyclic) bond motifs is 3. The average molecular weight is 573 g/mol. The highest BCUT2D eigenvalue weighted by Crippen LogP contribution is 2.35. The lowest BCUT2D eigenvalue weighted by Gasteiger charge is -2.19. The van der Waals surface area contributed by atoms with Crippen LogP contribution in [0, 0.1) is 0 Å². The Bertz CT molecular complexity index is 1800. The molecule has 0 saturated carbocycles. The molecule has 1 atom stereocenters. The quantitative estimate of drug-likeness (QED) is 0.114. The summed E-state index contributed by atoms with van der Waals surface area (Å²) in [6.45, 7) is 1.10. The molecule has 0 amide bonds. The van der Waals surface area contributed by atoms with E-state index in [9.17, 15) is 4.79 Å². The Morgan fingerprint density at radius 3 is 2.31 bits per heavy atom. The van der Waals surface area contributed by atoms with Gasteiger partial charge in [-0.1, -0.05) is 78.9 Å². The molecule has 0 bridgehead atoms. The van der Waals surface area contributed by atoms with Crippen molar-refractivity contribution in [3.63, 3.8) is 0 Å². The van der Waals surface area contributed by atoms with E-state index in [4.69, 9.17) is 15.2 Å². The number of nitrogen functional groups attached to an aromatic ring is 1. The van der Waals surface area contributed by atoms with Gasteiger partial charge in [-0.05, 0) is 53.6 Å². The minimum Gasteiger partial charge on any atom is -0.493 e. The fourth-order valence-electron chi connectivity index (χ4n) is 5.07. The van der Waals surface area contributed by atoms with Crippen molar-refractivity contribution in [3.8, 4) is 11.5 Å². The van der Waals surface area contributed by atoms with Crippen LogP contribution >= 0.6 is 11.3 Å². The Morgan fingerprint density at radius 1 is 0.762 bits per heavy atom. The number of nitrogens with one attached hydrogen (secondary N) is 1. The molecule has 210 valence electrons. The number of ether oxygens (including phenoxy) is 2. The summed E-state index contributed by atoms with van der Waals surface area (Å²) in [4.78, 5) is 13.1. The molecule has 42 heavy (non-hydrogen) atoms. The number of ketones is 1. The molecule has 0 aliphatic rings. The van der Waals surface area contributed by atoms with E-state index in [1.54, 1.807) is 29.5 Å². The van der Waals surface area contributed by atoms with Crippen LogP contribution in [0.5, 0.6) is 11.5 Å². The lowest BCUT2D eigenvalue weighted by Crippen LogP contribution is -2.29. The zero-order chi connectivity index (χ0) is 28.7. The molecule has 0 aliphatic heterocycles. The van der Waals surface area contributed by atoms with E-state index >= 15 is 0 Å². The molecule has 0 aliphatic carbocycles. The number of carbonyl (C=O) groups excluding carboxylic acids is 1. The molecule has 0 spiro atoms. The van der Waals surface area contributed by atoms with Gasteiger partial charge in [-0.15, -0.1) is 11.3 Å². The molecule has 1 heterocycles. The summed E-state index contributed by atoms with van der Waals surface area (Å²) >= 11 is 1.78. The molecular weight excluding hydrogens is 540 g/mol. The van der Waals surface area contributed by atoms with Gasteiger partial charge in [-0.25, -0.2) is 0 Å². The maximum atomic E-state index is 13.1. The molecule has 0 fully saturated rings. The summed E-state index contributed by atoms with van der Waals surface area (Å²) < 4.78 is 14.5. The number of hydrogen-bond acceptors (Lipinski definition) is 6. The lowest BCUT2D eigenvalue weighted by molar-refractivity contribution is 0.0985. The summed E-state index contributed by atoms with van der Waals surface area (Å²) in [5.41, 5.74) is 9.39. The number of rotatable bonds is 12. The van der Waals surface area contributed by atoms with E-state index in [1.165, 1.54) is 20.2 Å². The molecule has 3 N–H and O–H groups in total. The number of carbonyl (C=O) groups is 1. The zero-order valence-electron chi connectivity index (χ0n) is 23.2. The van der Waals surface area contributed by atoms with Crippen LogP contribution < -0.4 is 20.5 Å². The largest absolute Gasteiger partial charge is 0.493 e.